The topological polar surface area (TPSA) is 3.88 Å². The number of fused-ring (bicyclic) bond motifs is 3. The molecule has 3 rings (SSSR count). The van der Waals surface area contributed by atoms with Crippen LogP contribution in [0.1, 0.15) is 25.3 Å². The van der Waals surface area contributed by atoms with Gasteiger partial charge in [0.25, 0.3) is 0 Å². The fourth-order valence-electron chi connectivity index (χ4n) is 3.11. The van der Waals surface area contributed by atoms with Gasteiger partial charge in [0, 0.05) is 26.0 Å². The van der Waals surface area contributed by atoms with Gasteiger partial charge in [-0.3, -0.25) is 0 Å². The molecule has 18 heavy (non-hydrogen) atoms. The van der Waals surface area contributed by atoms with Gasteiger partial charge in [-0.25, -0.2) is 0 Å². The first-order chi connectivity index (χ1) is 8.66. The van der Waals surface area contributed by atoms with E-state index in [2.05, 4.69) is 79.7 Å². The molecule has 0 aliphatic carbocycles. The second-order valence-electron chi connectivity index (χ2n) is 5.41. The van der Waals surface area contributed by atoms with E-state index in [1.807, 2.05) is 0 Å². The summed E-state index contributed by atoms with van der Waals surface area (Å²) in [6.45, 7) is 8.59. The van der Waals surface area contributed by atoms with Crippen molar-refractivity contribution in [1.29, 1.82) is 0 Å². The summed E-state index contributed by atoms with van der Waals surface area (Å²) < 4.78 is 2.36. The van der Waals surface area contributed by atoms with Crippen molar-refractivity contribution in [2.75, 3.05) is 0 Å². The van der Waals surface area contributed by atoms with Crippen molar-refractivity contribution in [2.45, 2.75) is 25.3 Å². The quantitative estimate of drug-likeness (QED) is 0.525. The molecule has 1 nitrogen and oxygen atoms in total. The van der Waals surface area contributed by atoms with Crippen molar-refractivity contribution < 1.29 is 4.57 Å². The van der Waals surface area contributed by atoms with Gasteiger partial charge in [0.2, 0.25) is 5.69 Å². The lowest BCUT2D eigenvalue weighted by Crippen LogP contribution is -2.58. The lowest BCUT2D eigenvalue weighted by Gasteiger charge is -2.34. The molecular weight excluding hydrogens is 218 g/mol. The number of hydrogen-bond donors (Lipinski definition) is 0. The zero-order valence-electron chi connectivity index (χ0n) is 10.9. The first-order valence-corrected chi connectivity index (χ1v) is 6.39. The number of rotatable bonds is 1. The number of aromatic nitrogens is 1. The van der Waals surface area contributed by atoms with E-state index in [0.717, 1.165) is 0 Å². The van der Waals surface area contributed by atoms with Crippen molar-refractivity contribution >= 4 is 0 Å². The number of hydrogen-bond acceptors (Lipinski definition) is 0. The SMILES string of the molecule is C=CC1c2ccccc2-c2cccc[n+]2C1(C)C. The summed E-state index contributed by atoms with van der Waals surface area (Å²) in [5.74, 6) is 0.341. The van der Waals surface area contributed by atoms with Crippen LogP contribution in [0.15, 0.2) is 61.3 Å². The van der Waals surface area contributed by atoms with Gasteiger partial charge in [0.15, 0.2) is 11.7 Å². The van der Waals surface area contributed by atoms with Gasteiger partial charge in [0.05, 0.1) is 11.5 Å². The molecule has 0 bridgehead atoms. The summed E-state index contributed by atoms with van der Waals surface area (Å²) in [6.07, 6.45) is 4.24. The highest BCUT2D eigenvalue weighted by molar-refractivity contribution is 5.64. The Balaban J connectivity index is 2.38. The van der Waals surface area contributed by atoms with Crippen LogP contribution in [0, 0.1) is 0 Å². The van der Waals surface area contributed by atoms with Crippen LogP contribution >= 0.6 is 0 Å². The summed E-state index contributed by atoms with van der Waals surface area (Å²) in [4.78, 5) is 0. The molecule has 1 heteroatoms. The molecule has 0 fully saturated rings. The molecule has 1 aliphatic rings. The van der Waals surface area contributed by atoms with Crippen molar-refractivity contribution in [3.05, 3.63) is 66.9 Å². The van der Waals surface area contributed by atoms with Crippen LogP contribution < -0.4 is 4.57 Å². The van der Waals surface area contributed by atoms with E-state index >= 15 is 0 Å². The molecule has 2 heterocycles. The predicted molar refractivity (Wildman–Crippen MR) is 74.3 cm³/mol. The Bertz CT molecular complexity index is 611. The number of pyridine rings is 1. The summed E-state index contributed by atoms with van der Waals surface area (Å²) >= 11 is 0. The van der Waals surface area contributed by atoms with Gasteiger partial charge in [-0.2, -0.15) is 4.57 Å². The Morgan fingerprint density at radius 3 is 2.61 bits per heavy atom. The van der Waals surface area contributed by atoms with Crippen LogP contribution in [0.4, 0.5) is 0 Å². The van der Waals surface area contributed by atoms with E-state index < -0.39 is 0 Å². The summed E-state index contributed by atoms with van der Waals surface area (Å²) in [5, 5.41) is 0. The van der Waals surface area contributed by atoms with E-state index in [1.54, 1.807) is 0 Å². The Kier molecular flexibility index (Phi) is 2.37. The first kappa shape index (κ1) is 11.2. The van der Waals surface area contributed by atoms with E-state index in [1.165, 1.54) is 16.8 Å². The van der Waals surface area contributed by atoms with E-state index in [0.29, 0.717) is 5.92 Å². The van der Waals surface area contributed by atoms with Crippen molar-refractivity contribution in [3.8, 4) is 11.3 Å². The molecular formula is C17H18N+. The molecule has 0 spiro atoms. The summed E-state index contributed by atoms with van der Waals surface area (Å²) in [7, 11) is 0. The van der Waals surface area contributed by atoms with Crippen molar-refractivity contribution in [2.24, 2.45) is 0 Å². The average molecular weight is 236 g/mol. The minimum Gasteiger partial charge on any atom is -0.193 e. The van der Waals surface area contributed by atoms with Gasteiger partial charge in [-0.05, 0) is 17.7 Å². The maximum absolute atomic E-state index is 4.04. The lowest BCUT2D eigenvalue weighted by atomic mass is 9.75. The highest BCUT2D eigenvalue weighted by Gasteiger charge is 2.44. The normalized spacial score (nSPS) is 19.8. The molecule has 0 saturated carbocycles. The van der Waals surface area contributed by atoms with Gasteiger partial charge in [0.1, 0.15) is 0 Å². The molecule has 0 amide bonds. The third-order valence-electron chi connectivity index (χ3n) is 4.05. The van der Waals surface area contributed by atoms with Crippen LogP contribution in [-0.2, 0) is 5.54 Å². The van der Waals surface area contributed by atoms with E-state index in [4.69, 9.17) is 0 Å². The molecule has 90 valence electrons. The van der Waals surface area contributed by atoms with Gasteiger partial charge in [-0.15, -0.1) is 6.58 Å². The zero-order chi connectivity index (χ0) is 12.8. The minimum atomic E-state index is 0.0205. The van der Waals surface area contributed by atoms with Crippen LogP contribution in [0.25, 0.3) is 11.3 Å². The zero-order valence-corrected chi connectivity index (χ0v) is 10.9. The molecule has 0 radical (unpaired) electrons. The summed E-state index contributed by atoms with van der Waals surface area (Å²) in [6, 6.07) is 15.0. The second kappa shape index (κ2) is 3.81. The van der Waals surface area contributed by atoms with Crippen LogP contribution in [0.2, 0.25) is 0 Å². The molecule has 1 atom stereocenters. The van der Waals surface area contributed by atoms with Crippen LogP contribution in [-0.4, -0.2) is 0 Å². The number of nitrogens with zero attached hydrogens (tertiary/aromatic N) is 1. The molecule has 1 aromatic carbocycles. The first-order valence-electron chi connectivity index (χ1n) is 6.39. The van der Waals surface area contributed by atoms with E-state index in [-0.39, 0.29) is 5.54 Å². The third kappa shape index (κ3) is 1.37. The van der Waals surface area contributed by atoms with Gasteiger partial charge >= 0.3 is 0 Å². The molecule has 2 aromatic rings. The molecule has 0 N–H and O–H groups in total. The fourth-order valence-corrected chi connectivity index (χ4v) is 3.11. The summed E-state index contributed by atoms with van der Waals surface area (Å²) in [5.41, 5.74) is 4.01. The second-order valence-corrected chi connectivity index (χ2v) is 5.41. The number of allylic oxidation sites excluding steroid dienone is 1. The Morgan fingerprint density at radius 1 is 1.11 bits per heavy atom. The molecule has 1 aliphatic heterocycles. The van der Waals surface area contributed by atoms with Gasteiger partial charge < -0.3 is 0 Å². The van der Waals surface area contributed by atoms with Crippen molar-refractivity contribution in [1.82, 2.24) is 0 Å². The smallest absolute Gasteiger partial charge is 0.193 e. The third-order valence-corrected chi connectivity index (χ3v) is 4.05. The van der Waals surface area contributed by atoms with Crippen LogP contribution in [0.3, 0.4) is 0 Å². The molecule has 1 unspecified atom stereocenters. The maximum atomic E-state index is 4.04. The Labute approximate surface area is 108 Å². The fraction of sp³-hybridized carbons (Fsp3) is 0.235. The van der Waals surface area contributed by atoms with Gasteiger partial charge in [-0.1, -0.05) is 24.3 Å². The average Bonchev–Trinajstić information content (AvgIpc) is 2.39. The minimum absolute atomic E-state index is 0.0205. The van der Waals surface area contributed by atoms with Crippen molar-refractivity contribution in [3.63, 3.8) is 0 Å². The van der Waals surface area contributed by atoms with Crippen LogP contribution in [0.5, 0.6) is 0 Å². The van der Waals surface area contributed by atoms with E-state index in [9.17, 15) is 0 Å². The number of benzene rings is 1. The molecule has 0 saturated heterocycles. The predicted octanol–water partition coefficient (Wildman–Crippen LogP) is 3.66. The highest BCUT2D eigenvalue weighted by Crippen LogP contribution is 2.41. The Morgan fingerprint density at radius 2 is 1.83 bits per heavy atom. The Hall–Kier alpha value is -1.89. The standard InChI is InChI=1S/C17H18N/c1-4-15-13-9-5-6-10-14(13)16-11-7-8-12-18(16)17(15,2)3/h4-12,15H,1H2,2-3H3/q+1. The monoisotopic (exact) mass is 236 g/mol. The lowest BCUT2D eigenvalue weighted by molar-refractivity contribution is -0.752. The maximum Gasteiger partial charge on any atom is 0.213 e. The molecule has 1 aromatic heterocycles. The highest BCUT2D eigenvalue weighted by atomic mass is 15.1. The largest absolute Gasteiger partial charge is 0.213 e.